The highest BCUT2D eigenvalue weighted by Gasteiger charge is 1.91. The van der Waals surface area contributed by atoms with Crippen LogP contribution in [-0.4, -0.2) is 0 Å². The van der Waals surface area contributed by atoms with Crippen molar-refractivity contribution in [2.75, 3.05) is 0 Å². The topological polar surface area (TPSA) is 0 Å². The number of allylic oxidation sites excluding steroid dienone is 2. The van der Waals surface area contributed by atoms with Crippen LogP contribution < -0.4 is 0 Å². The summed E-state index contributed by atoms with van der Waals surface area (Å²) in [5.74, 6) is 0. The van der Waals surface area contributed by atoms with Crippen molar-refractivity contribution in [1.82, 2.24) is 0 Å². The summed E-state index contributed by atoms with van der Waals surface area (Å²) in [6.45, 7) is 6.76. The first-order valence-corrected chi connectivity index (χ1v) is 5.03. The molecule has 0 rings (SSSR count). The normalized spacial score (nSPS) is 12.1. The van der Waals surface area contributed by atoms with Gasteiger partial charge in [-0.05, 0) is 25.7 Å². The lowest BCUT2D eigenvalue weighted by Gasteiger charge is -2.02. The van der Waals surface area contributed by atoms with Gasteiger partial charge in [0.15, 0.2) is 0 Å². The van der Waals surface area contributed by atoms with Gasteiger partial charge >= 0.3 is 0 Å². The maximum atomic E-state index is 2.43. The average Bonchev–Trinajstić information content (AvgIpc) is 2.05. The Kier molecular flexibility index (Phi) is 7.66. The monoisotopic (exact) mass is 154 g/mol. The molecule has 0 nitrogen and oxygen atoms in total. The molecule has 0 unspecified atom stereocenters. The molecule has 0 radical (unpaired) electrons. The Bertz CT molecular complexity index is 101. The van der Waals surface area contributed by atoms with Gasteiger partial charge in [0.05, 0.1) is 0 Å². The minimum absolute atomic E-state index is 1.25. The van der Waals surface area contributed by atoms with E-state index in [1.807, 2.05) is 0 Å². The van der Waals surface area contributed by atoms with Gasteiger partial charge in [0.1, 0.15) is 0 Å². The van der Waals surface area contributed by atoms with E-state index < -0.39 is 0 Å². The molecular weight excluding hydrogens is 132 g/mol. The van der Waals surface area contributed by atoms with Crippen molar-refractivity contribution in [2.24, 2.45) is 0 Å². The quantitative estimate of drug-likeness (QED) is 0.500. The zero-order valence-electron chi connectivity index (χ0n) is 8.32. The number of unbranched alkanes of at least 4 members (excludes halogenated alkanes) is 2. The molecule has 0 atom stereocenters. The van der Waals surface area contributed by atoms with Gasteiger partial charge in [-0.15, -0.1) is 0 Å². The Balaban J connectivity index is 3.55. The van der Waals surface area contributed by atoms with Gasteiger partial charge in [-0.25, -0.2) is 0 Å². The summed E-state index contributed by atoms with van der Waals surface area (Å²) in [6, 6.07) is 0. The minimum atomic E-state index is 1.25. The molecule has 0 aliphatic heterocycles. The fraction of sp³-hybridized carbons (Fsp3) is 0.818. The summed E-state index contributed by atoms with van der Waals surface area (Å²) >= 11 is 0. The lowest BCUT2D eigenvalue weighted by Crippen LogP contribution is -1.81. The number of hydrogen-bond donors (Lipinski definition) is 0. The van der Waals surface area contributed by atoms with Crippen molar-refractivity contribution in [2.45, 2.75) is 59.3 Å². The molecule has 0 N–H and O–H groups in total. The highest BCUT2D eigenvalue weighted by atomic mass is 14.0. The van der Waals surface area contributed by atoms with E-state index in [9.17, 15) is 0 Å². The Hall–Kier alpha value is -0.260. The molecule has 66 valence electrons. The summed E-state index contributed by atoms with van der Waals surface area (Å²) < 4.78 is 0. The second-order valence-corrected chi connectivity index (χ2v) is 3.11. The molecule has 0 bridgehead atoms. The van der Waals surface area contributed by atoms with Crippen LogP contribution in [0.3, 0.4) is 0 Å². The van der Waals surface area contributed by atoms with Gasteiger partial charge in [-0.3, -0.25) is 0 Å². The summed E-state index contributed by atoms with van der Waals surface area (Å²) in [6.07, 6.45) is 10.2. The zero-order valence-corrected chi connectivity index (χ0v) is 8.32. The van der Waals surface area contributed by atoms with E-state index in [0.717, 1.165) is 0 Å². The van der Waals surface area contributed by atoms with E-state index >= 15 is 0 Å². The van der Waals surface area contributed by atoms with Gasteiger partial charge in [0.25, 0.3) is 0 Å². The van der Waals surface area contributed by atoms with Crippen molar-refractivity contribution in [3.63, 3.8) is 0 Å². The smallest absolute Gasteiger partial charge is 0.0321 e. The Labute approximate surface area is 71.7 Å². The standard InChI is InChI=1S/C11H22/c1-4-7-9-11(6-3)10-8-5-2/h9H,4-8,10H2,1-3H3. The summed E-state index contributed by atoms with van der Waals surface area (Å²) in [5, 5.41) is 0. The SMILES string of the molecule is CCCC=C(CC)CCCC. The largest absolute Gasteiger partial charge is 0.0854 e. The summed E-state index contributed by atoms with van der Waals surface area (Å²) in [7, 11) is 0. The number of hydrogen-bond acceptors (Lipinski definition) is 0. The van der Waals surface area contributed by atoms with E-state index in [4.69, 9.17) is 0 Å². The van der Waals surface area contributed by atoms with Gasteiger partial charge in [-0.2, -0.15) is 0 Å². The first kappa shape index (κ1) is 10.7. The molecule has 0 aromatic carbocycles. The maximum absolute atomic E-state index is 2.43. The average molecular weight is 154 g/mol. The van der Waals surface area contributed by atoms with Crippen LogP contribution in [0, 0.1) is 0 Å². The first-order valence-electron chi connectivity index (χ1n) is 5.03. The molecule has 0 aromatic heterocycles. The van der Waals surface area contributed by atoms with Crippen LogP contribution >= 0.6 is 0 Å². The van der Waals surface area contributed by atoms with Gasteiger partial charge in [0.2, 0.25) is 0 Å². The van der Waals surface area contributed by atoms with Crippen LogP contribution in [0.15, 0.2) is 11.6 Å². The van der Waals surface area contributed by atoms with Crippen molar-refractivity contribution < 1.29 is 0 Å². The molecule has 0 saturated carbocycles. The molecule has 11 heavy (non-hydrogen) atoms. The molecule has 0 aromatic rings. The molecule has 0 spiro atoms. The third kappa shape index (κ3) is 6.15. The van der Waals surface area contributed by atoms with Crippen molar-refractivity contribution in [1.29, 1.82) is 0 Å². The highest BCUT2D eigenvalue weighted by molar-refractivity contribution is 5.00. The van der Waals surface area contributed by atoms with Crippen molar-refractivity contribution in [3.05, 3.63) is 11.6 Å². The summed E-state index contributed by atoms with van der Waals surface area (Å²) in [4.78, 5) is 0. The van der Waals surface area contributed by atoms with Crippen LogP contribution in [0.5, 0.6) is 0 Å². The fourth-order valence-corrected chi connectivity index (χ4v) is 1.18. The molecule has 0 heteroatoms. The van der Waals surface area contributed by atoms with Crippen LogP contribution in [-0.2, 0) is 0 Å². The van der Waals surface area contributed by atoms with Gasteiger partial charge in [0, 0.05) is 0 Å². The molecule has 0 heterocycles. The van der Waals surface area contributed by atoms with E-state index in [1.165, 1.54) is 38.5 Å². The predicted molar refractivity (Wildman–Crippen MR) is 52.8 cm³/mol. The molecule has 0 aliphatic rings. The lowest BCUT2D eigenvalue weighted by atomic mass is 10.0. The van der Waals surface area contributed by atoms with Crippen LogP contribution in [0.2, 0.25) is 0 Å². The number of rotatable bonds is 6. The Morgan fingerprint density at radius 2 is 1.82 bits per heavy atom. The summed E-state index contributed by atoms with van der Waals surface area (Å²) in [5.41, 5.74) is 1.66. The van der Waals surface area contributed by atoms with E-state index in [0.29, 0.717) is 0 Å². The minimum Gasteiger partial charge on any atom is -0.0854 e. The second kappa shape index (κ2) is 7.84. The molecular formula is C11H22. The lowest BCUT2D eigenvalue weighted by molar-refractivity contribution is 0.758. The molecule has 0 saturated heterocycles. The predicted octanol–water partition coefficient (Wildman–Crippen LogP) is 4.31. The van der Waals surface area contributed by atoms with E-state index in [2.05, 4.69) is 26.8 Å². The second-order valence-electron chi connectivity index (χ2n) is 3.11. The molecule has 0 fully saturated rings. The molecule has 0 aliphatic carbocycles. The first-order chi connectivity index (χ1) is 5.35. The van der Waals surface area contributed by atoms with Crippen LogP contribution in [0.1, 0.15) is 59.3 Å². The third-order valence-electron chi connectivity index (χ3n) is 2.03. The highest BCUT2D eigenvalue weighted by Crippen LogP contribution is 2.12. The van der Waals surface area contributed by atoms with E-state index in [1.54, 1.807) is 5.57 Å². The van der Waals surface area contributed by atoms with Crippen molar-refractivity contribution in [3.8, 4) is 0 Å². The molecule has 0 amide bonds. The van der Waals surface area contributed by atoms with Gasteiger partial charge < -0.3 is 0 Å². The van der Waals surface area contributed by atoms with Crippen molar-refractivity contribution >= 4 is 0 Å². The van der Waals surface area contributed by atoms with Crippen LogP contribution in [0.4, 0.5) is 0 Å². The van der Waals surface area contributed by atoms with E-state index in [-0.39, 0.29) is 0 Å². The Morgan fingerprint density at radius 1 is 1.09 bits per heavy atom. The zero-order chi connectivity index (χ0) is 8.53. The Morgan fingerprint density at radius 3 is 2.27 bits per heavy atom. The van der Waals surface area contributed by atoms with Gasteiger partial charge in [-0.1, -0.05) is 45.3 Å². The fourth-order valence-electron chi connectivity index (χ4n) is 1.18. The van der Waals surface area contributed by atoms with Crippen LogP contribution in [0.25, 0.3) is 0 Å². The third-order valence-corrected chi connectivity index (χ3v) is 2.03. The maximum Gasteiger partial charge on any atom is -0.0321 e.